The van der Waals surface area contributed by atoms with E-state index in [1.807, 2.05) is 0 Å². The second-order valence-corrected chi connectivity index (χ2v) is 4.37. The molecule has 0 atom stereocenters. The molecule has 0 radical (unpaired) electrons. The van der Waals surface area contributed by atoms with Crippen molar-refractivity contribution in [3.05, 3.63) is 34.3 Å². The highest BCUT2D eigenvalue weighted by Gasteiger charge is 2.33. The van der Waals surface area contributed by atoms with Crippen LogP contribution in [-0.2, 0) is 12.7 Å². The summed E-state index contributed by atoms with van der Waals surface area (Å²) in [4.78, 5) is 0. The van der Waals surface area contributed by atoms with Crippen LogP contribution in [0, 0.1) is 0 Å². The van der Waals surface area contributed by atoms with E-state index in [0.29, 0.717) is 18.2 Å². The SMILES string of the molecule is Cl.FC(F)(F)c1cc(CNC2CC2)ccc1Cl. The van der Waals surface area contributed by atoms with Gasteiger partial charge in [-0.15, -0.1) is 12.4 Å². The maximum absolute atomic E-state index is 12.5. The fourth-order valence-electron chi connectivity index (χ4n) is 1.45. The number of alkyl halides is 3. The summed E-state index contributed by atoms with van der Waals surface area (Å²) in [7, 11) is 0. The Hall–Kier alpha value is -0.450. The monoisotopic (exact) mass is 285 g/mol. The molecule has 0 aromatic heterocycles. The van der Waals surface area contributed by atoms with E-state index in [2.05, 4.69) is 5.32 Å². The van der Waals surface area contributed by atoms with Crippen molar-refractivity contribution in [1.29, 1.82) is 0 Å². The van der Waals surface area contributed by atoms with Crippen molar-refractivity contribution in [2.75, 3.05) is 0 Å². The number of nitrogens with one attached hydrogen (secondary N) is 1. The molecule has 1 aliphatic rings. The molecule has 2 rings (SSSR count). The van der Waals surface area contributed by atoms with Crippen LogP contribution in [0.4, 0.5) is 13.2 Å². The van der Waals surface area contributed by atoms with Crippen molar-refractivity contribution in [2.24, 2.45) is 0 Å². The van der Waals surface area contributed by atoms with Crippen molar-refractivity contribution in [2.45, 2.75) is 31.6 Å². The molecule has 0 aliphatic heterocycles. The first-order valence-electron chi connectivity index (χ1n) is 5.06. The average Bonchev–Trinajstić information content (AvgIpc) is 2.98. The fraction of sp³-hybridized carbons (Fsp3) is 0.455. The summed E-state index contributed by atoms with van der Waals surface area (Å²) < 4.78 is 37.6. The van der Waals surface area contributed by atoms with Gasteiger partial charge in [-0.05, 0) is 30.5 Å². The van der Waals surface area contributed by atoms with Crippen LogP contribution in [0.25, 0.3) is 0 Å². The maximum atomic E-state index is 12.5. The molecular weight excluding hydrogens is 274 g/mol. The second-order valence-electron chi connectivity index (χ2n) is 3.97. The van der Waals surface area contributed by atoms with Gasteiger partial charge in [0.1, 0.15) is 0 Å². The molecular formula is C11H12Cl2F3N. The molecule has 1 aliphatic carbocycles. The van der Waals surface area contributed by atoms with Gasteiger partial charge in [-0.2, -0.15) is 13.2 Å². The van der Waals surface area contributed by atoms with Crippen LogP contribution in [0.2, 0.25) is 5.02 Å². The van der Waals surface area contributed by atoms with E-state index in [1.165, 1.54) is 6.07 Å². The smallest absolute Gasteiger partial charge is 0.310 e. The van der Waals surface area contributed by atoms with Gasteiger partial charge in [0.2, 0.25) is 0 Å². The Balaban J connectivity index is 0.00000144. The maximum Gasteiger partial charge on any atom is 0.417 e. The molecule has 0 saturated heterocycles. The lowest BCUT2D eigenvalue weighted by atomic mass is 10.1. The van der Waals surface area contributed by atoms with Gasteiger partial charge in [-0.1, -0.05) is 17.7 Å². The van der Waals surface area contributed by atoms with Gasteiger partial charge in [0.15, 0.2) is 0 Å². The molecule has 1 aromatic carbocycles. The Morgan fingerprint density at radius 2 is 1.94 bits per heavy atom. The molecule has 0 bridgehead atoms. The number of halogens is 5. The molecule has 6 heteroatoms. The molecule has 96 valence electrons. The summed E-state index contributed by atoms with van der Waals surface area (Å²) in [5, 5.41) is 2.91. The Morgan fingerprint density at radius 3 is 2.47 bits per heavy atom. The second kappa shape index (κ2) is 5.46. The molecule has 1 aromatic rings. The molecule has 1 saturated carbocycles. The highest BCUT2D eigenvalue weighted by molar-refractivity contribution is 6.31. The van der Waals surface area contributed by atoms with E-state index in [0.717, 1.165) is 18.9 Å². The lowest BCUT2D eigenvalue weighted by molar-refractivity contribution is -0.137. The van der Waals surface area contributed by atoms with Crippen LogP contribution in [0.1, 0.15) is 24.0 Å². The van der Waals surface area contributed by atoms with Gasteiger partial charge in [-0.25, -0.2) is 0 Å². The zero-order valence-electron chi connectivity index (χ0n) is 8.85. The van der Waals surface area contributed by atoms with Crippen molar-refractivity contribution in [3.63, 3.8) is 0 Å². The topological polar surface area (TPSA) is 12.0 Å². The Bertz CT molecular complexity index is 389. The number of hydrogen-bond acceptors (Lipinski definition) is 1. The minimum absolute atomic E-state index is 0. The molecule has 1 nitrogen and oxygen atoms in total. The Labute approximate surface area is 109 Å². The van der Waals surface area contributed by atoms with Crippen LogP contribution < -0.4 is 5.32 Å². The number of benzene rings is 1. The average molecular weight is 286 g/mol. The van der Waals surface area contributed by atoms with Crippen LogP contribution >= 0.6 is 24.0 Å². The molecule has 0 heterocycles. The number of rotatable bonds is 3. The normalized spacial score (nSPS) is 15.5. The first-order valence-corrected chi connectivity index (χ1v) is 5.43. The lowest BCUT2D eigenvalue weighted by Gasteiger charge is -2.11. The Kier molecular flexibility index (Phi) is 4.69. The van der Waals surface area contributed by atoms with Crippen molar-refractivity contribution < 1.29 is 13.2 Å². The standard InChI is InChI=1S/C11H11ClF3N.ClH/c12-10-4-1-7(6-16-8-2-3-8)5-9(10)11(13,14)15;/h1,4-5,8,16H,2-3,6H2;1H. The van der Waals surface area contributed by atoms with Crippen molar-refractivity contribution in [1.82, 2.24) is 5.32 Å². The van der Waals surface area contributed by atoms with Gasteiger partial charge in [0, 0.05) is 12.6 Å². The van der Waals surface area contributed by atoms with Crippen LogP contribution in [0.15, 0.2) is 18.2 Å². The summed E-state index contributed by atoms with van der Waals surface area (Å²) in [6.07, 6.45) is -2.16. The van der Waals surface area contributed by atoms with E-state index < -0.39 is 11.7 Å². The third kappa shape index (κ3) is 4.05. The van der Waals surface area contributed by atoms with E-state index in [1.54, 1.807) is 6.07 Å². The molecule has 17 heavy (non-hydrogen) atoms. The lowest BCUT2D eigenvalue weighted by Crippen LogP contribution is -2.16. The van der Waals surface area contributed by atoms with Gasteiger partial charge >= 0.3 is 6.18 Å². The molecule has 1 N–H and O–H groups in total. The van der Waals surface area contributed by atoms with E-state index in [-0.39, 0.29) is 17.4 Å². The summed E-state index contributed by atoms with van der Waals surface area (Å²) in [5.74, 6) is 0. The third-order valence-corrected chi connectivity index (χ3v) is 2.84. The highest BCUT2D eigenvalue weighted by atomic mass is 35.5. The van der Waals surface area contributed by atoms with Crippen LogP contribution in [0.3, 0.4) is 0 Å². The molecule has 0 unspecified atom stereocenters. The predicted octanol–water partition coefficient (Wildman–Crippen LogP) is 4.03. The minimum atomic E-state index is -4.38. The molecule has 1 fully saturated rings. The molecule has 0 spiro atoms. The van der Waals surface area contributed by atoms with Crippen molar-refractivity contribution in [3.8, 4) is 0 Å². The minimum Gasteiger partial charge on any atom is -0.310 e. The van der Waals surface area contributed by atoms with Gasteiger partial charge in [-0.3, -0.25) is 0 Å². The van der Waals surface area contributed by atoms with Crippen LogP contribution in [0.5, 0.6) is 0 Å². The van der Waals surface area contributed by atoms with Crippen LogP contribution in [-0.4, -0.2) is 6.04 Å². The van der Waals surface area contributed by atoms with Gasteiger partial charge < -0.3 is 5.32 Å². The van der Waals surface area contributed by atoms with Gasteiger partial charge in [0.05, 0.1) is 10.6 Å². The summed E-state index contributed by atoms with van der Waals surface area (Å²) in [5.41, 5.74) is -0.145. The fourth-order valence-corrected chi connectivity index (χ4v) is 1.67. The van der Waals surface area contributed by atoms with Gasteiger partial charge in [0.25, 0.3) is 0 Å². The first kappa shape index (κ1) is 14.6. The zero-order valence-corrected chi connectivity index (χ0v) is 10.4. The zero-order chi connectivity index (χ0) is 11.8. The summed E-state index contributed by atoms with van der Waals surface area (Å²) in [6, 6.07) is 4.50. The predicted molar refractivity (Wildman–Crippen MR) is 63.6 cm³/mol. The summed E-state index contributed by atoms with van der Waals surface area (Å²) >= 11 is 5.52. The van der Waals surface area contributed by atoms with E-state index in [9.17, 15) is 13.2 Å². The van der Waals surface area contributed by atoms with E-state index >= 15 is 0 Å². The quantitative estimate of drug-likeness (QED) is 0.884. The Morgan fingerprint density at radius 1 is 1.29 bits per heavy atom. The number of hydrogen-bond donors (Lipinski definition) is 1. The largest absolute Gasteiger partial charge is 0.417 e. The van der Waals surface area contributed by atoms with Crippen molar-refractivity contribution >= 4 is 24.0 Å². The highest BCUT2D eigenvalue weighted by Crippen LogP contribution is 2.35. The molecule has 0 amide bonds. The third-order valence-electron chi connectivity index (χ3n) is 2.51. The van der Waals surface area contributed by atoms with E-state index in [4.69, 9.17) is 11.6 Å². The first-order chi connectivity index (χ1) is 7.47. The summed E-state index contributed by atoms with van der Waals surface area (Å²) in [6.45, 7) is 0.463.